The third-order valence-electron chi connectivity index (χ3n) is 2.12. The maximum Gasteiger partial charge on any atom is 0.273 e. The second kappa shape index (κ2) is 5.50. The normalized spacial score (nSPS) is 9.88. The Morgan fingerprint density at radius 2 is 2.25 bits per heavy atom. The smallest absolute Gasteiger partial charge is 0.273 e. The molecular weight excluding hydrogens is 228 g/mol. The molecule has 0 aromatic heterocycles. The van der Waals surface area contributed by atoms with Crippen molar-refractivity contribution in [3.63, 3.8) is 0 Å². The minimum atomic E-state index is -0.464. The van der Waals surface area contributed by atoms with Crippen molar-refractivity contribution in [1.82, 2.24) is 4.72 Å². The quantitative estimate of drug-likeness (QED) is 0.497. The molecule has 0 saturated carbocycles. The fourth-order valence-electron chi connectivity index (χ4n) is 1.33. The average molecular weight is 240 g/mol. The van der Waals surface area contributed by atoms with E-state index < -0.39 is 4.92 Å². The van der Waals surface area contributed by atoms with Gasteiger partial charge in [-0.2, -0.15) is 0 Å². The largest absolute Gasteiger partial charge is 0.296 e. The molecule has 1 aromatic rings. The minimum Gasteiger partial charge on any atom is -0.296 e. The van der Waals surface area contributed by atoms with Gasteiger partial charge in [-0.3, -0.25) is 19.6 Å². The fourth-order valence-corrected chi connectivity index (χ4v) is 1.63. The maximum absolute atomic E-state index is 11.5. The molecule has 0 radical (unpaired) electrons. The van der Waals surface area contributed by atoms with E-state index >= 15 is 0 Å². The van der Waals surface area contributed by atoms with Gasteiger partial charge in [0.1, 0.15) is 0 Å². The van der Waals surface area contributed by atoms with Gasteiger partial charge in [-0.05, 0) is 12.5 Å². The van der Waals surface area contributed by atoms with E-state index in [4.69, 9.17) is 0 Å². The Bertz CT molecular complexity index is 421. The number of nitro groups is 1. The van der Waals surface area contributed by atoms with Crippen molar-refractivity contribution in [2.24, 2.45) is 0 Å². The van der Waals surface area contributed by atoms with Gasteiger partial charge >= 0.3 is 0 Å². The molecule has 0 aliphatic heterocycles. The zero-order chi connectivity index (χ0) is 12.1. The average Bonchev–Trinajstić information content (AvgIpc) is 2.28. The summed E-state index contributed by atoms with van der Waals surface area (Å²) in [6, 6.07) is 4.52. The van der Waals surface area contributed by atoms with E-state index in [2.05, 4.69) is 4.72 Å². The predicted molar refractivity (Wildman–Crippen MR) is 63.5 cm³/mol. The number of aryl methyl sites for hydroxylation is 1. The Morgan fingerprint density at radius 3 is 2.75 bits per heavy atom. The van der Waals surface area contributed by atoms with Gasteiger partial charge in [-0.25, -0.2) is 0 Å². The van der Waals surface area contributed by atoms with Crippen molar-refractivity contribution < 1.29 is 9.72 Å². The molecule has 86 valence electrons. The number of nitrogens with zero attached hydrogens (tertiary/aromatic N) is 1. The highest BCUT2D eigenvalue weighted by molar-refractivity contribution is 7.97. The third-order valence-corrected chi connectivity index (χ3v) is 2.51. The summed E-state index contributed by atoms with van der Waals surface area (Å²) in [7, 11) is 0. The van der Waals surface area contributed by atoms with Crippen LogP contribution < -0.4 is 4.72 Å². The minimum absolute atomic E-state index is 0.00347. The highest BCUT2D eigenvalue weighted by Crippen LogP contribution is 2.21. The Labute approximate surface area is 97.5 Å². The number of amides is 1. The van der Waals surface area contributed by atoms with Crippen LogP contribution in [-0.4, -0.2) is 17.1 Å². The molecule has 16 heavy (non-hydrogen) atoms. The molecule has 1 aromatic carbocycles. The molecule has 1 amide bonds. The van der Waals surface area contributed by atoms with Crippen LogP contribution in [0.15, 0.2) is 18.2 Å². The molecular formula is C10H12N2O3S. The van der Waals surface area contributed by atoms with Gasteiger partial charge in [0.2, 0.25) is 0 Å². The topological polar surface area (TPSA) is 72.2 Å². The molecule has 6 heteroatoms. The van der Waals surface area contributed by atoms with Gasteiger partial charge in [-0.15, -0.1) is 0 Å². The molecule has 5 nitrogen and oxygen atoms in total. The highest BCUT2D eigenvalue weighted by atomic mass is 32.2. The summed E-state index contributed by atoms with van der Waals surface area (Å²) in [4.78, 5) is 21.8. The monoisotopic (exact) mass is 240 g/mol. The fraction of sp³-hybridized carbons (Fsp3) is 0.300. The molecule has 1 N–H and O–H groups in total. The predicted octanol–water partition coefficient (Wildman–Crippen LogP) is 2.17. The first-order chi connectivity index (χ1) is 7.60. The summed E-state index contributed by atoms with van der Waals surface area (Å²) >= 11 is 1.16. The van der Waals surface area contributed by atoms with Crippen LogP contribution in [0.1, 0.15) is 22.8 Å². The Kier molecular flexibility index (Phi) is 4.30. The van der Waals surface area contributed by atoms with Crippen molar-refractivity contribution in [3.05, 3.63) is 39.4 Å². The Hall–Kier alpha value is -1.56. The molecule has 1 rings (SSSR count). The van der Waals surface area contributed by atoms with Crippen molar-refractivity contribution >= 4 is 23.5 Å². The van der Waals surface area contributed by atoms with Crippen LogP contribution >= 0.6 is 11.9 Å². The zero-order valence-electron chi connectivity index (χ0n) is 9.02. The molecule has 0 aliphatic carbocycles. The van der Waals surface area contributed by atoms with E-state index in [0.29, 0.717) is 17.5 Å². The summed E-state index contributed by atoms with van der Waals surface area (Å²) in [6.07, 6.45) is 2.29. The molecule has 0 unspecified atom stereocenters. The van der Waals surface area contributed by atoms with Crippen molar-refractivity contribution in [3.8, 4) is 0 Å². The van der Waals surface area contributed by atoms with Crippen molar-refractivity contribution in [2.45, 2.75) is 13.3 Å². The van der Waals surface area contributed by atoms with E-state index in [9.17, 15) is 14.9 Å². The molecule has 0 aliphatic rings. The molecule has 0 saturated heterocycles. The van der Waals surface area contributed by atoms with E-state index in [-0.39, 0.29) is 11.6 Å². The molecule has 0 spiro atoms. The number of benzene rings is 1. The van der Waals surface area contributed by atoms with E-state index in [1.807, 2.05) is 6.92 Å². The maximum atomic E-state index is 11.5. The van der Waals surface area contributed by atoms with Gasteiger partial charge in [-0.1, -0.05) is 24.9 Å². The molecule has 0 heterocycles. The number of carbonyl (C=O) groups excluding carboxylic acids is 1. The standard InChI is InChI=1S/C10H12N2O3S/c1-3-7-4-5-8(10(13)11-16-2)6-9(7)12(14)15/h4-6H,3H2,1-2H3,(H,11,13). The van der Waals surface area contributed by atoms with Crippen LogP contribution in [0.5, 0.6) is 0 Å². The zero-order valence-corrected chi connectivity index (χ0v) is 9.84. The third kappa shape index (κ3) is 2.73. The number of hydrogen-bond acceptors (Lipinski definition) is 4. The second-order valence-corrected chi connectivity index (χ2v) is 3.70. The first-order valence-corrected chi connectivity index (χ1v) is 5.93. The summed E-state index contributed by atoms with van der Waals surface area (Å²) in [6.45, 7) is 1.84. The second-order valence-electron chi connectivity index (χ2n) is 3.09. The van der Waals surface area contributed by atoms with Crippen LogP contribution in [0.25, 0.3) is 0 Å². The lowest BCUT2D eigenvalue weighted by molar-refractivity contribution is -0.385. The lowest BCUT2D eigenvalue weighted by Gasteiger charge is -2.04. The highest BCUT2D eigenvalue weighted by Gasteiger charge is 2.15. The first kappa shape index (κ1) is 12.5. The summed E-state index contributed by atoms with van der Waals surface area (Å²) < 4.78 is 2.52. The number of hydrogen-bond donors (Lipinski definition) is 1. The number of nitro benzene ring substituents is 1. The van der Waals surface area contributed by atoms with E-state index in [1.54, 1.807) is 18.4 Å². The molecule has 0 atom stereocenters. The number of carbonyl (C=O) groups is 1. The van der Waals surface area contributed by atoms with Gasteiger partial charge in [0.05, 0.1) is 4.92 Å². The van der Waals surface area contributed by atoms with Crippen LogP contribution in [0, 0.1) is 10.1 Å². The molecule has 0 bridgehead atoms. The molecule has 0 fully saturated rings. The first-order valence-electron chi connectivity index (χ1n) is 4.70. The van der Waals surface area contributed by atoms with Crippen molar-refractivity contribution in [2.75, 3.05) is 6.26 Å². The Balaban J connectivity index is 3.11. The number of nitrogens with one attached hydrogen (secondary N) is 1. The van der Waals surface area contributed by atoms with E-state index in [1.165, 1.54) is 6.07 Å². The SMILES string of the molecule is CCc1ccc(C(=O)NSC)cc1[N+](=O)[O-]. The summed E-state index contributed by atoms with van der Waals surface area (Å²) in [5, 5.41) is 10.8. The van der Waals surface area contributed by atoms with Crippen LogP contribution in [0.2, 0.25) is 0 Å². The Morgan fingerprint density at radius 1 is 1.56 bits per heavy atom. The summed E-state index contributed by atoms with van der Waals surface area (Å²) in [5.74, 6) is -0.321. The number of rotatable bonds is 4. The van der Waals surface area contributed by atoms with Gasteiger partial charge < -0.3 is 0 Å². The van der Waals surface area contributed by atoms with Gasteiger partial charge in [0.15, 0.2) is 0 Å². The van der Waals surface area contributed by atoms with Crippen LogP contribution in [-0.2, 0) is 6.42 Å². The van der Waals surface area contributed by atoms with Gasteiger partial charge in [0, 0.05) is 23.4 Å². The van der Waals surface area contributed by atoms with Crippen LogP contribution in [0.3, 0.4) is 0 Å². The summed E-state index contributed by atoms with van der Waals surface area (Å²) in [5.41, 5.74) is 0.931. The van der Waals surface area contributed by atoms with E-state index in [0.717, 1.165) is 11.9 Å². The lowest BCUT2D eigenvalue weighted by Crippen LogP contribution is -2.15. The van der Waals surface area contributed by atoms with Crippen LogP contribution in [0.4, 0.5) is 5.69 Å². The van der Waals surface area contributed by atoms with Gasteiger partial charge in [0.25, 0.3) is 11.6 Å². The lowest BCUT2D eigenvalue weighted by atomic mass is 10.1. The van der Waals surface area contributed by atoms with Crippen molar-refractivity contribution in [1.29, 1.82) is 0 Å².